The third kappa shape index (κ3) is 4.41. The van der Waals surface area contributed by atoms with Crippen LogP contribution < -0.4 is 10.1 Å². The number of carbonyl (C=O) groups excluding carboxylic acids is 1. The lowest BCUT2D eigenvalue weighted by Crippen LogP contribution is -2.40. The predicted molar refractivity (Wildman–Crippen MR) is 72.1 cm³/mol. The van der Waals surface area contributed by atoms with E-state index in [1.165, 1.54) is 24.3 Å². The molecule has 3 nitrogen and oxygen atoms in total. The molecule has 0 saturated carbocycles. The van der Waals surface area contributed by atoms with Crippen LogP contribution in [-0.2, 0) is 11.0 Å². The number of ether oxygens (including phenoxy) is 1. The van der Waals surface area contributed by atoms with Crippen molar-refractivity contribution in [3.05, 3.63) is 60.2 Å². The lowest BCUT2D eigenvalue weighted by atomic mass is 10.2. The summed E-state index contributed by atoms with van der Waals surface area (Å²) >= 11 is 0. The molecule has 0 spiro atoms. The van der Waals surface area contributed by atoms with Gasteiger partial charge in [0, 0.05) is 5.69 Å². The maximum Gasteiger partial charge on any atom is 0.482 e. The minimum Gasteiger partial charge on any atom is -0.425 e. The van der Waals surface area contributed by atoms with Gasteiger partial charge in [0.05, 0.1) is 5.56 Å². The van der Waals surface area contributed by atoms with Gasteiger partial charge in [-0.1, -0.05) is 24.3 Å². The molecule has 0 atom stereocenters. The Kier molecular flexibility index (Phi) is 4.53. The van der Waals surface area contributed by atoms with Crippen molar-refractivity contribution in [2.24, 2.45) is 0 Å². The van der Waals surface area contributed by atoms with E-state index in [0.29, 0.717) is 12.1 Å². The highest BCUT2D eigenvalue weighted by Crippen LogP contribution is 2.32. The van der Waals surface area contributed by atoms with Gasteiger partial charge in [-0.3, -0.25) is 4.79 Å². The first-order valence-electron chi connectivity index (χ1n) is 6.29. The van der Waals surface area contributed by atoms with Gasteiger partial charge < -0.3 is 10.1 Å². The zero-order chi connectivity index (χ0) is 17.1. The molecule has 0 aromatic heterocycles. The van der Waals surface area contributed by atoms with Crippen LogP contribution in [0.4, 0.5) is 27.6 Å². The first-order valence-corrected chi connectivity index (χ1v) is 6.29. The molecular formula is C15H10F5NO2. The molecule has 0 aliphatic heterocycles. The monoisotopic (exact) mass is 331 g/mol. The normalized spacial score (nSPS) is 11.9. The van der Waals surface area contributed by atoms with Crippen LogP contribution in [0.1, 0.15) is 5.56 Å². The van der Waals surface area contributed by atoms with Crippen molar-refractivity contribution in [2.75, 3.05) is 5.32 Å². The number of hydrogen-bond donors (Lipinski definition) is 1. The highest BCUT2D eigenvalue weighted by Gasteiger charge is 2.42. The number of para-hydroxylation sites is 1. The maximum absolute atomic E-state index is 13.7. The third-order valence-electron chi connectivity index (χ3n) is 2.70. The molecule has 0 unspecified atom stereocenters. The second kappa shape index (κ2) is 6.23. The van der Waals surface area contributed by atoms with Gasteiger partial charge in [0.25, 0.3) is 0 Å². The number of anilines is 1. The number of amides is 1. The van der Waals surface area contributed by atoms with Crippen molar-refractivity contribution in [2.45, 2.75) is 12.3 Å². The highest BCUT2D eigenvalue weighted by molar-refractivity contribution is 5.95. The van der Waals surface area contributed by atoms with Gasteiger partial charge in [-0.25, -0.2) is 0 Å². The molecule has 1 amide bonds. The Morgan fingerprint density at radius 3 is 2.17 bits per heavy atom. The molecular weight excluding hydrogens is 321 g/mol. The van der Waals surface area contributed by atoms with Gasteiger partial charge in [-0.05, 0) is 30.3 Å². The van der Waals surface area contributed by atoms with Crippen LogP contribution in [0.15, 0.2) is 54.6 Å². The molecule has 0 heterocycles. The molecule has 0 radical (unpaired) electrons. The van der Waals surface area contributed by atoms with Gasteiger partial charge in [0.2, 0.25) is 0 Å². The molecule has 2 aromatic carbocycles. The summed E-state index contributed by atoms with van der Waals surface area (Å²) in [5.41, 5.74) is -1.06. The summed E-state index contributed by atoms with van der Waals surface area (Å²) < 4.78 is 69.1. The van der Waals surface area contributed by atoms with E-state index in [0.717, 1.165) is 12.1 Å². The number of benzene rings is 2. The number of rotatable bonds is 4. The largest absolute Gasteiger partial charge is 0.482 e. The van der Waals surface area contributed by atoms with E-state index in [2.05, 4.69) is 4.74 Å². The zero-order valence-electron chi connectivity index (χ0n) is 11.4. The Morgan fingerprint density at radius 2 is 1.57 bits per heavy atom. The summed E-state index contributed by atoms with van der Waals surface area (Å²) in [6.45, 7) is 0. The summed E-state index contributed by atoms with van der Waals surface area (Å²) in [6.07, 6.45) is -9.04. The van der Waals surface area contributed by atoms with E-state index >= 15 is 0 Å². The minimum atomic E-state index is -4.71. The molecule has 23 heavy (non-hydrogen) atoms. The summed E-state index contributed by atoms with van der Waals surface area (Å²) in [7, 11) is 0. The number of alkyl halides is 5. The fourth-order valence-electron chi connectivity index (χ4n) is 1.66. The average molecular weight is 331 g/mol. The van der Waals surface area contributed by atoms with Gasteiger partial charge in [0.1, 0.15) is 5.75 Å². The summed E-state index contributed by atoms with van der Waals surface area (Å²) in [6, 6.07) is 10.3. The Hall–Kier alpha value is -2.64. The fourth-order valence-corrected chi connectivity index (χ4v) is 1.66. The highest BCUT2D eigenvalue weighted by atomic mass is 19.4. The molecule has 2 aromatic rings. The first kappa shape index (κ1) is 16.7. The standard InChI is InChI=1S/C15H10F5NO2/c16-14(17,18)10-5-4-8-12(9-10)23-15(19,20)13(22)21-11-6-2-1-3-7-11/h1-9H,(H,21,22). The first-order chi connectivity index (χ1) is 10.7. The Labute approximate surface area is 127 Å². The zero-order valence-corrected chi connectivity index (χ0v) is 11.4. The van der Waals surface area contributed by atoms with Crippen LogP contribution in [0.25, 0.3) is 0 Å². The van der Waals surface area contributed by atoms with E-state index in [-0.39, 0.29) is 5.69 Å². The van der Waals surface area contributed by atoms with Crippen LogP contribution in [0.3, 0.4) is 0 Å². The number of halogens is 5. The summed E-state index contributed by atoms with van der Waals surface area (Å²) in [5.74, 6) is -2.56. The minimum absolute atomic E-state index is 0.102. The van der Waals surface area contributed by atoms with Crippen LogP contribution >= 0.6 is 0 Å². The molecule has 8 heteroatoms. The molecule has 2 rings (SSSR count). The molecule has 0 saturated heterocycles. The van der Waals surface area contributed by atoms with Crippen molar-refractivity contribution >= 4 is 11.6 Å². The summed E-state index contributed by atoms with van der Waals surface area (Å²) in [5, 5.41) is 1.91. The molecule has 1 N–H and O–H groups in total. The Bertz CT molecular complexity index is 686. The van der Waals surface area contributed by atoms with Crippen molar-refractivity contribution in [3.8, 4) is 5.75 Å². The van der Waals surface area contributed by atoms with Crippen molar-refractivity contribution in [1.29, 1.82) is 0 Å². The second-order valence-electron chi connectivity index (χ2n) is 4.46. The second-order valence-corrected chi connectivity index (χ2v) is 4.46. The molecule has 122 valence electrons. The fraction of sp³-hybridized carbons (Fsp3) is 0.133. The SMILES string of the molecule is O=C(Nc1ccccc1)C(F)(F)Oc1cccc(C(F)(F)F)c1. The number of carbonyl (C=O) groups is 1. The Balaban J connectivity index is 2.13. The predicted octanol–water partition coefficient (Wildman–Crippen LogP) is 4.32. The van der Waals surface area contributed by atoms with Crippen LogP contribution in [0.2, 0.25) is 0 Å². The van der Waals surface area contributed by atoms with Crippen LogP contribution in [-0.4, -0.2) is 12.0 Å². The van der Waals surface area contributed by atoms with E-state index < -0.39 is 29.5 Å². The molecule has 0 bridgehead atoms. The average Bonchev–Trinajstić information content (AvgIpc) is 2.47. The third-order valence-corrected chi connectivity index (χ3v) is 2.70. The van der Waals surface area contributed by atoms with E-state index in [1.54, 1.807) is 6.07 Å². The van der Waals surface area contributed by atoms with Crippen LogP contribution in [0.5, 0.6) is 5.75 Å². The van der Waals surface area contributed by atoms with Crippen molar-refractivity contribution in [3.63, 3.8) is 0 Å². The van der Waals surface area contributed by atoms with Gasteiger partial charge in [0.15, 0.2) is 0 Å². The molecule has 0 aliphatic carbocycles. The number of hydrogen-bond acceptors (Lipinski definition) is 2. The number of nitrogens with one attached hydrogen (secondary N) is 1. The van der Waals surface area contributed by atoms with Gasteiger partial charge in [-0.15, -0.1) is 0 Å². The van der Waals surface area contributed by atoms with E-state index in [4.69, 9.17) is 0 Å². The lowest BCUT2D eigenvalue weighted by Gasteiger charge is -2.18. The maximum atomic E-state index is 13.7. The Morgan fingerprint density at radius 1 is 0.913 bits per heavy atom. The van der Waals surface area contributed by atoms with Gasteiger partial charge >= 0.3 is 18.2 Å². The van der Waals surface area contributed by atoms with Gasteiger partial charge in [-0.2, -0.15) is 22.0 Å². The van der Waals surface area contributed by atoms with Crippen molar-refractivity contribution in [1.82, 2.24) is 0 Å². The van der Waals surface area contributed by atoms with Crippen molar-refractivity contribution < 1.29 is 31.5 Å². The van der Waals surface area contributed by atoms with E-state index in [1.807, 2.05) is 5.32 Å². The molecule has 0 fully saturated rings. The smallest absolute Gasteiger partial charge is 0.425 e. The van der Waals surface area contributed by atoms with Crippen LogP contribution in [0, 0.1) is 0 Å². The lowest BCUT2D eigenvalue weighted by molar-refractivity contribution is -0.187. The molecule has 0 aliphatic rings. The quantitative estimate of drug-likeness (QED) is 0.848. The topological polar surface area (TPSA) is 38.3 Å². The summed E-state index contributed by atoms with van der Waals surface area (Å²) in [4.78, 5) is 11.5. The van der Waals surface area contributed by atoms with E-state index in [9.17, 15) is 26.7 Å².